The van der Waals surface area contributed by atoms with Gasteiger partial charge in [0, 0.05) is 41.1 Å². The van der Waals surface area contributed by atoms with Crippen molar-refractivity contribution in [2.45, 2.75) is 32.0 Å². The van der Waals surface area contributed by atoms with Crippen molar-refractivity contribution in [3.63, 3.8) is 0 Å². The summed E-state index contributed by atoms with van der Waals surface area (Å²) in [6.45, 7) is 1.19. The van der Waals surface area contributed by atoms with Crippen LogP contribution in [0.2, 0.25) is 5.02 Å². The summed E-state index contributed by atoms with van der Waals surface area (Å²) in [4.78, 5) is 40.2. The highest BCUT2D eigenvalue weighted by molar-refractivity contribution is 7.17. The van der Waals surface area contributed by atoms with Crippen LogP contribution in [-0.4, -0.2) is 45.9 Å². The number of likely N-dealkylation sites (tertiary alicyclic amines) is 1. The van der Waals surface area contributed by atoms with E-state index in [0.29, 0.717) is 16.1 Å². The maximum atomic E-state index is 15.3. The molecule has 5 rings (SSSR count). The fraction of sp³-hybridized carbons (Fsp3) is 0.222. The monoisotopic (exact) mass is 541 g/mol. The summed E-state index contributed by atoms with van der Waals surface area (Å²) >= 11 is 7.60. The Hall–Kier alpha value is -3.56. The number of fused-ring (bicyclic) bond motifs is 1. The third kappa shape index (κ3) is 4.76. The summed E-state index contributed by atoms with van der Waals surface area (Å²) in [7, 11) is 0. The Morgan fingerprint density at radius 3 is 2.62 bits per heavy atom. The smallest absolute Gasteiger partial charge is 0.247 e. The molecule has 1 aliphatic rings. The van der Waals surface area contributed by atoms with Crippen LogP contribution in [0.4, 0.5) is 14.5 Å². The van der Waals surface area contributed by atoms with Crippen LogP contribution in [0.5, 0.6) is 0 Å². The Labute approximate surface area is 220 Å². The van der Waals surface area contributed by atoms with E-state index >= 15 is 4.39 Å². The third-order valence-electron chi connectivity index (χ3n) is 6.47. The fourth-order valence-electron chi connectivity index (χ4n) is 4.70. The molecule has 0 bridgehead atoms. The molecule has 2 atom stereocenters. The number of nitrogens with one attached hydrogen (secondary N) is 1. The predicted octanol–water partition coefficient (Wildman–Crippen LogP) is 5.94. The van der Waals surface area contributed by atoms with Gasteiger partial charge in [0.05, 0.1) is 18.7 Å². The fourth-order valence-corrected chi connectivity index (χ4v) is 5.89. The average molecular weight is 542 g/mol. The largest absolute Gasteiger partial charge is 0.327 e. The number of aromatic nitrogens is 1. The Balaban J connectivity index is 1.37. The molecular weight excluding hydrogens is 520 g/mol. The summed E-state index contributed by atoms with van der Waals surface area (Å²) in [6, 6.07) is 12.0. The van der Waals surface area contributed by atoms with Crippen LogP contribution in [0, 0.1) is 5.82 Å². The van der Waals surface area contributed by atoms with Gasteiger partial charge >= 0.3 is 0 Å². The maximum Gasteiger partial charge on any atom is 0.247 e. The van der Waals surface area contributed by atoms with Crippen LogP contribution in [0.15, 0.2) is 60.1 Å². The average Bonchev–Trinajstić information content (AvgIpc) is 3.57. The van der Waals surface area contributed by atoms with Gasteiger partial charge in [-0.1, -0.05) is 41.9 Å². The number of benzene rings is 2. The van der Waals surface area contributed by atoms with Gasteiger partial charge in [-0.25, -0.2) is 8.78 Å². The highest BCUT2D eigenvalue weighted by atomic mass is 35.5. The molecule has 37 heavy (non-hydrogen) atoms. The molecule has 0 radical (unpaired) electrons. The van der Waals surface area contributed by atoms with Crippen LogP contribution < -0.4 is 5.32 Å². The lowest BCUT2D eigenvalue weighted by atomic mass is 10.0. The summed E-state index contributed by atoms with van der Waals surface area (Å²) in [5.74, 6) is -1.98. The minimum atomic E-state index is -1.39. The standard InChI is InChI=1S/C27H22ClF2N3O3S/c1-15(34)32-13-16(18-9-10-37-27(18)32)11-24(35)33-14-17(29)12-23(33)26(36)31-22-8-4-6-20(25(22)30)19-5-2-3-7-21(19)28/h2-10,13,17,23H,11-12,14H2,1H3,(H,31,36)/t17-,23+/m1/s1. The normalized spacial score (nSPS) is 17.4. The molecule has 1 saturated heterocycles. The van der Waals surface area contributed by atoms with Gasteiger partial charge in [0.25, 0.3) is 0 Å². The number of amides is 2. The number of hydrogen-bond acceptors (Lipinski definition) is 4. The van der Waals surface area contributed by atoms with E-state index < -0.39 is 29.8 Å². The Morgan fingerprint density at radius 2 is 1.86 bits per heavy atom. The molecule has 2 aromatic heterocycles. The molecule has 2 aromatic carbocycles. The van der Waals surface area contributed by atoms with Crippen molar-refractivity contribution in [1.29, 1.82) is 0 Å². The van der Waals surface area contributed by atoms with Crippen molar-refractivity contribution >= 4 is 56.6 Å². The first-order valence-corrected chi connectivity index (χ1v) is 12.9. The van der Waals surface area contributed by atoms with E-state index in [9.17, 15) is 18.8 Å². The number of nitrogens with zero attached hydrogens (tertiary/aromatic N) is 2. The van der Waals surface area contributed by atoms with E-state index in [2.05, 4.69) is 5.32 Å². The minimum absolute atomic E-state index is 0.0874. The zero-order chi connectivity index (χ0) is 26.3. The molecule has 0 aliphatic carbocycles. The van der Waals surface area contributed by atoms with Crippen LogP contribution >= 0.6 is 22.9 Å². The van der Waals surface area contributed by atoms with Gasteiger partial charge < -0.3 is 10.2 Å². The van der Waals surface area contributed by atoms with Gasteiger partial charge in [-0.15, -0.1) is 11.3 Å². The summed E-state index contributed by atoms with van der Waals surface area (Å²) in [5, 5.41) is 5.48. The molecule has 1 fully saturated rings. The maximum absolute atomic E-state index is 15.3. The van der Waals surface area contributed by atoms with Crippen molar-refractivity contribution in [3.05, 3.63) is 76.5 Å². The first kappa shape index (κ1) is 25.1. The molecule has 0 unspecified atom stereocenters. The predicted molar refractivity (Wildman–Crippen MR) is 140 cm³/mol. The highest BCUT2D eigenvalue weighted by Gasteiger charge is 2.40. The second-order valence-electron chi connectivity index (χ2n) is 8.89. The van der Waals surface area contributed by atoms with Crippen molar-refractivity contribution < 1.29 is 23.2 Å². The van der Waals surface area contributed by atoms with Gasteiger partial charge in [0.2, 0.25) is 17.7 Å². The number of thiophene rings is 1. The van der Waals surface area contributed by atoms with E-state index in [4.69, 9.17) is 11.6 Å². The summed E-state index contributed by atoms with van der Waals surface area (Å²) in [5.41, 5.74) is 1.21. The van der Waals surface area contributed by atoms with Gasteiger partial charge in [-0.2, -0.15) is 0 Å². The highest BCUT2D eigenvalue weighted by Crippen LogP contribution is 2.33. The van der Waals surface area contributed by atoms with E-state index in [0.717, 1.165) is 10.2 Å². The SMILES string of the molecule is CC(=O)n1cc(CC(=O)N2C[C@H](F)C[C@H]2C(=O)Nc2cccc(-c3ccccc3Cl)c2F)c2ccsc21. The molecule has 1 N–H and O–H groups in total. The quantitative estimate of drug-likeness (QED) is 0.340. The molecule has 1 aliphatic heterocycles. The number of halogens is 3. The van der Waals surface area contributed by atoms with Crippen molar-refractivity contribution in [2.75, 3.05) is 11.9 Å². The van der Waals surface area contributed by atoms with Gasteiger partial charge in [0.1, 0.15) is 17.0 Å². The Morgan fingerprint density at radius 1 is 1.11 bits per heavy atom. The molecule has 6 nitrogen and oxygen atoms in total. The molecule has 2 amide bonds. The first-order valence-electron chi connectivity index (χ1n) is 11.6. The lowest BCUT2D eigenvalue weighted by Gasteiger charge is -2.24. The van der Waals surface area contributed by atoms with Crippen molar-refractivity contribution in [1.82, 2.24) is 9.47 Å². The molecule has 0 saturated carbocycles. The topological polar surface area (TPSA) is 71.4 Å². The van der Waals surface area contributed by atoms with Crippen molar-refractivity contribution in [3.8, 4) is 11.1 Å². The van der Waals surface area contributed by atoms with Crippen LogP contribution in [0.3, 0.4) is 0 Å². The molecular formula is C27H22ClF2N3O3S. The van der Waals surface area contributed by atoms with E-state index in [1.807, 2.05) is 11.4 Å². The lowest BCUT2D eigenvalue weighted by molar-refractivity contribution is -0.136. The van der Waals surface area contributed by atoms with Crippen molar-refractivity contribution in [2.24, 2.45) is 0 Å². The molecule has 0 spiro atoms. The number of alkyl halides is 1. The second kappa shape index (κ2) is 10.1. The third-order valence-corrected chi connectivity index (χ3v) is 7.71. The van der Waals surface area contributed by atoms with Gasteiger partial charge in [-0.3, -0.25) is 19.0 Å². The van der Waals surface area contributed by atoms with Gasteiger partial charge in [-0.05, 0) is 29.1 Å². The zero-order valence-electron chi connectivity index (χ0n) is 19.7. The van der Waals surface area contributed by atoms with E-state index in [1.54, 1.807) is 42.6 Å². The number of carbonyl (C=O) groups excluding carboxylic acids is 3. The minimum Gasteiger partial charge on any atom is -0.327 e. The van der Waals surface area contributed by atoms with Gasteiger partial charge in [0.15, 0.2) is 5.82 Å². The molecule has 3 heterocycles. The molecule has 10 heteroatoms. The van der Waals surface area contributed by atoms with Crippen LogP contribution in [-0.2, 0) is 16.0 Å². The lowest BCUT2D eigenvalue weighted by Crippen LogP contribution is -2.44. The van der Waals surface area contributed by atoms with Crippen LogP contribution in [0.1, 0.15) is 23.7 Å². The number of carbonyl (C=O) groups is 3. The summed E-state index contributed by atoms with van der Waals surface area (Å²) in [6.07, 6.45) is -0.0665. The first-order chi connectivity index (χ1) is 17.7. The van der Waals surface area contributed by atoms with Crippen LogP contribution in [0.25, 0.3) is 21.3 Å². The number of anilines is 1. The second-order valence-corrected chi connectivity index (χ2v) is 10.2. The molecule has 4 aromatic rings. The Kier molecular flexibility index (Phi) is 6.83. The van der Waals surface area contributed by atoms with E-state index in [-0.39, 0.29) is 36.5 Å². The number of rotatable bonds is 5. The number of hydrogen-bond donors (Lipinski definition) is 1. The zero-order valence-corrected chi connectivity index (χ0v) is 21.3. The molecule has 190 valence electrons. The summed E-state index contributed by atoms with van der Waals surface area (Å²) < 4.78 is 31.2. The Bertz CT molecular complexity index is 1530. The van der Waals surface area contributed by atoms with E-state index in [1.165, 1.54) is 33.8 Å².